The molecule has 1 fully saturated rings. The number of rotatable bonds is 5. The lowest BCUT2D eigenvalue weighted by molar-refractivity contribution is -0.215. The first-order valence-electron chi connectivity index (χ1n) is 9.59. The molecule has 158 valence electrons. The summed E-state index contributed by atoms with van der Waals surface area (Å²) in [6.07, 6.45) is 1.28. The molecule has 0 atom stereocenters. The average Bonchev–Trinajstić information content (AvgIpc) is 2.64. The summed E-state index contributed by atoms with van der Waals surface area (Å²) in [6.45, 7) is 9.16. The van der Waals surface area contributed by atoms with Crippen molar-refractivity contribution in [2.24, 2.45) is 21.4 Å². The van der Waals surface area contributed by atoms with Gasteiger partial charge in [0.2, 0.25) is 0 Å². The molecule has 0 saturated carbocycles. The lowest BCUT2D eigenvalue weighted by Crippen LogP contribution is -2.39. The van der Waals surface area contributed by atoms with Gasteiger partial charge in [-0.25, -0.2) is 0 Å². The predicted octanol–water partition coefficient (Wildman–Crippen LogP) is 2.01. The molecule has 0 bridgehead atoms. The molecule has 1 aromatic carbocycles. The molecule has 0 radical (unpaired) electrons. The number of hydrogen-bond donors (Lipinski definition) is 2. The van der Waals surface area contributed by atoms with Crippen LogP contribution in [0.5, 0.6) is 0 Å². The van der Waals surface area contributed by atoms with Crippen LogP contribution in [0.15, 0.2) is 28.3 Å². The molecule has 29 heavy (non-hydrogen) atoms. The van der Waals surface area contributed by atoms with Crippen LogP contribution >= 0.6 is 0 Å². The van der Waals surface area contributed by atoms with E-state index in [1.54, 1.807) is 20.1 Å². The van der Waals surface area contributed by atoms with Crippen molar-refractivity contribution < 1.29 is 14.6 Å². The van der Waals surface area contributed by atoms with Gasteiger partial charge in [0.1, 0.15) is 11.3 Å². The van der Waals surface area contributed by atoms with Crippen molar-refractivity contribution >= 4 is 17.6 Å². The first-order chi connectivity index (χ1) is 13.5. The lowest BCUT2D eigenvalue weighted by Gasteiger charge is -2.33. The summed E-state index contributed by atoms with van der Waals surface area (Å²) in [4.78, 5) is 6.37. The molecule has 1 aromatic rings. The summed E-state index contributed by atoms with van der Waals surface area (Å²) in [6, 6.07) is 5.70. The van der Waals surface area contributed by atoms with Crippen molar-refractivity contribution in [1.82, 2.24) is 0 Å². The van der Waals surface area contributed by atoms with Crippen LogP contribution in [0, 0.1) is 17.3 Å². The Hall–Kier alpha value is -2.40. The zero-order chi connectivity index (χ0) is 21.7. The number of ether oxygens (including phenoxy) is 2. The zero-order valence-corrected chi connectivity index (χ0v) is 18.2. The summed E-state index contributed by atoms with van der Waals surface area (Å²) >= 11 is 0. The highest BCUT2D eigenvalue weighted by Gasteiger charge is 2.27. The highest BCUT2D eigenvalue weighted by molar-refractivity contribution is 6.39. The molecule has 1 saturated heterocycles. The SMILES string of the molecule is CN(C)c1cc(C#CC(C)(C)O)ccc1/C(C=NCC1OCC(C)(C)CO1)=N/N. The van der Waals surface area contributed by atoms with Crippen LogP contribution in [0.4, 0.5) is 5.69 Å². The van der Waals surface area contributed by atoms with Gasteiger partial charge in [0.15, 0.2) is 6.29 Å². The van der Waals surface area contributed by atoms with Crippen LogP contribution in [0.2, 0.25) is 0 Å². The number of anilines is 1. The number of nitrogens with zero attached hydrogens (tertiary/aromatic N) is 3. The van der Waals surface area contributed by atoms with Gasteiger partial charge in [-0.2, -0.15) is 5.10 Å². The first kappa shape index (κ1) is 22.9. The van der Waals surface area contributed by atoms with E-state index in [0.29, 0.717) is 25.5 Å². The predicted molar refractivity (Wildman–Crippen MR) is 118 cm³/mol. The van der Waals surface area contributed by atoms with Gasteiger partial charge in [-0.1, -0.05) is 25.7 Å². The minimum Gasteiger partial charge on any atom is -0.378 e. The monoisotopic (exact) mass is 400 g/mol. The molecule has 1 aliphatic heterocycles. The number of aliphatic imine (C=N–C) groups is 1. The van der Waals surface area contributed by atoms with E-state index in [4.69, 9.17) is 15.3 Å². The summed E-state index contributed by atoms with van der Waals surface area (Å²) < 4.78 is 11.4. The van der Waals surface area contributed by atoms with Crippen molar-refractivity contribution in [3.05, 3.63) is 29.3 Å². The maximum atomic E-state index is 9.81. The van der Waals surface area contributed by atoms with Crippen LogP contribution < -0.4 is 10.7 Å². The molecule has 0 aliphatic carbocycles. The van der Waals surface area contributed by atoms with E-state index < -0.39 is 5.60 Å². The minimum atomic E-state index is -1.05. The molecule has 0 unspecified atom stereocenters. The van der Waals surface area contributed by atoms with Gasteiger partial charge in [-0.3, -0.25) is 4.99 Å². The average molecular weight is 401 g/mol. The molecular formula is C22H32N4O3. The molecule has 0 aromatic heterocycles. The molecule has 1 aliphatic rings. The van der Waals surface area contributed by atoms with Gasteiger partial charge in [-0.15, -0.1) is 0 Å². The van der Waals surface area contributed by atoms with Gasteiger partial charge >= 0.3 is 0 Å². The van der Waals surface area contributed by atoms with Gasteiger partial charge < -0.3 is 25.3 Å². The second-order valence-electron chi connectivity index (χ2n) is 8.66. The molecular weight excluding hydrogens is 368 g/mol. The lowest BCUT2D eigenvalue weighted by atomic mass is 9.96. The Balaban J connectivity index is 2.16. The first-order valence-corrected chi connectivity index (χ1v) is 9.59. The van der Waals surface area contributed by atoms with E-state index in [-0.39, 0.29) is 11.7 Å². The largest absolute Gasteiger partial charge is 0.378 e. The van der Waals surface area contributed by atoms with Gasteiger partial charge in [0.05, 0.1) is 19.8 Å². The number of hydrogen-bond acceptors (Lipinski definition) is 7. The molecule has 3 N–H and O–H groups in total. The zero-order valence-electron chi connectivity index (χ0n) is 18.2. The van der Waals surface area contributed by atoms with E-state index >= 15 is 0 Å². The van der Waals surface area contributed by atoms with Crippen molar-refractivity contribution in [2.45, 2.75) is 39.6 Å². The smallest absolute Gasteiger partial charge is 0.176 e. The summed E-state index contributed by atoms with van der Waals surface area (Å²) in [5, 5.41) is 13.7. The van der Waals surface area contributed by atoms with Crippen LogP contribution in [0.1, 0.15) is 38.8 Å². The Labute approximate surface area is 173 Å². The van der Waals surface area contributed by atoms with Crippen LogP contribution in [-0.4, -0.2) is 62.8 Å². The molecule has 2 rings (SSSR count). The molecule has 1 heterocycles. The Kier molecular flexibility index (Phi) is 7.42. The standard InChI is InChI=1S/C22H32N4O3/c1-21(2)14-28-20(29-15-21)13-24-12-18(25-23)17-8-7-16(9-10-22(3,4)27)11-19(17)26(5)6/h7-8,11-12,20,27H,13-15,23H2,1-6H3/b24-12?,25-18+. The Bertz CT molecular complexity index is 817. The Morgan fingerprint density at radius 1 is 1.34 bits per heavy atom. The number of hydrazone groups is 1. The normalized spacial score (nSPS) is 17.8. The second kappa shape index (κ2) is 9.40. The molecule has 7 nitrogen and oxygen atoms in total. The topological polar surface area (TPSA) is 92.7 Å². The second-order valence-corrected chi connectivity index (χ2v) is 8.66. The highest BCUT2D eigenvalue weighted by Crippen LogP contribution is 2.23. The molecule has 0 amide bonds. The van der Waals surface area contributed by atoms with Crippen molar-refractivity contribution in [3.63, 3.8) is 0 Å². The summed E-state index contributed by atoms with van der Waals surface area (Å²) in [5.74, 6) is 11.5. The van der Waals surface area contributed by atoms with E-state index in [0.717, 1.165) is 16.8 Å². The highest BCUT2D eigenvalue weighted by atomic mass is 16.7. The number of benzene rings is 1. The fourth-order valence-electron chi connectivity index (χ4n) is 2.65. The number of aliphatic hydroxyl groups is 1. The van der Waals surface area contributed by atoms with Crippen LogP contribution in [0.25, 0.3) is 0 Å². The van der Waals surface area contributed by atoms with Gasteiger partial charge in [-0.05, 0) is 32.0 Å². The van der Waals surface area contributed by atoms with Crippen molar-refractivity contribution in [1.29, 1.82) is 0 Å². The fraction of sp³-hybridized carbons (Fsp3) is 0.545. The number of nitrogens with two attached hydrogens (primary N) is 1. The maximum Gasteiger partial charge on any atom is 0.176 e. The maximum absolute atomic E-state index is 9.81. The third-order valence-electron chi connectivity index (χ3n) is 4.20. The van der Waals surface area contributed by atoms with Crippen molar-refractivity contribution in [3.8, 4) is 11.8 Å². The van der Waals surface area contributed by atoms with Crippen LogP contribution in [-0.2, 0) is 9.47 Å². The summed E-state index contributed by atoms with van der Waals surface area (Å²) in [5.41, 5.74) is 2.05. The summed E-state index contributed by atoms with van der Waals surface area (Å²) in [7, 11) is 3.87. The molecule has 7 heteroatoms. The third kappa shape index (κ3) is 7.17. The third-order valence-corrected chi connectivity index (χ3v) is 4.20. The molecule has 0 spiro atoms. The van der Waals surface area contributed by atoms with Gasteiger partial charge in [0.25, 0.3) is 0 Å². The Morgan fingerprint density at radius 3 is 2.55 bits per heavy atom. The van der Waals surface area contributed by atoms with E-state index in [1.165, 1.54) is 0 Å². The quantitative estimate of drug-likeness (QED) is 0.341. The minimum absolute atomic E-state index is 0.0284. The van der Waals surface area contributed by atoms with Crippen molar-refractivity contribution in [2.75, 3.05) is 38.8 Å². The fourth-order valence-corrected chi connectivity index (χ4v) is 2.65. The van der Waals surface area contributed by atoms with E-state index in [1.807, 2.05) is 37.2 Å². The van der Waals surface area contributed by atoms with Gasteiger partial charge in [0, 0.05) is 42.5 Å². The van der Waals surface area contributed by atoms with E-state index in [9.17, 15) is 5.11 Å². The van der Waals surface area contributed by atoms with Crippen LogP contribution in [0.3, 0.4) is 0 Å². The van der Waals surface area contributed by atoms with E-state index in [2.05, 4.69) is 35.8 Å². The Morgan fingerprint density at radius 2 is 2.00 bits per heavy atom.